The number of carbonyl (C=O) groups excluding carboxylic acids is 2. The lowest BCUT2D eigenvalue weighted by molar-refractivity contribution is -0.118. The quantitative estimate of drug-likeness (QED) is 0.501. The molecule has 1 N–H and O–H groups in total. The minimum Gasteiger partial charge on any atom is -0.454 e. The van der Waals surface area contributed by atoms with Crippen LogP contribution in [0.25, 0.3) is 0 Å². The fraction of sp³-hybridized carbons (Fsp3) is 0.286. The van der Waals surface area contributed by atoms with Gasteiger partial charge in [0.25, 0.3) is 0 Å². The van der Waals surface area contributed by atoms with E-state index in [0.29, 0.717) is 35.6 Å². The molecule has 2 rings (SSSR count). The minimum absolute atomic E-state index is 0.0848. The summed E-state index contributed by atoms with van der Waals surface area (Å²) in [5.74, 6) is 6.87. The van der Waals surface area contributed by atoms with Crippen LogP contribution < -0.4 is 14.8 Å². The molecule has 1 amide bonds. The first-order valence-corrected chi connectivity index (χ1v) is 5.83. The lowest BCUT2D eigenvalue weighted by Gasteiger charge is -2.00. The molecule has 0 saturated heterocycles. The molecule has 0 spiro atoms. The molecule has 1 aliphatic heterocycles. The van der Waals surface area contributed by atoms with Crippen LogP contribution in [0.15, 0.2) is 12.1 Å². The van der Waals surface area contributed by atoms with Crippen LogP contribution in [0.5, 0.6) is 11.5 Å². The van der Waals surface area contributed by atoms with Gasteiger partial charge in [-0.25, -0.2) is 0 Å². The van der Waals surface area contributed by atoms with Crippen LogP contribution in [-0.4, -0.2) is 25.5 Å². The summed E-state index contributed by atoms with van der Waals surface area (Å²) >= 11 is 0. The van der Waals surface area contributed by atoms with Gasteiger partial charge < -0.3 is 14.8 Å². The molecule has 0 unspecified atom stereocenters. The summed E-state index contributed by atoms with van der Waals surface area (Å²) in [6.07, 6.45) is 1.26. The second-order valence-corrected chi connectivity index (χ2v) is 3.95. The first-order chi connectivity index (χ1) is 9.20. The van der Waals surface area contributed by atoms with Crippen LogP contribution in [0.3, 0.4) is 0 Å². The van der Waals surface area contributed by atoms with Crippen LogP contribution in [0.1, 0.15) is 29.3 Å². The van der Waals surface area contributed by atoms with E-state index in [9.17, 15) is 9.59 Å². The second-order valence-electron chi connectivity index (χ2n) is 3.95. The number of amides is 1. The number of hydrogen-bond acceptors (Lipinski definition) is 4. The monoisotopic (exact) mass is 259 g/mol. The number of rotatable bonds is 3. The van der Waals surface area contributed by atoms with E-state index in [1.165, 1.54) is 6.92 Å². The molecule has 0 fully saturated rings. The van der Waals surface area contributed by atoms with Crippen molar-refractivity contribution in [1.82, 2.24) is 5.32 Å². The third kappa shape index (κ3) is 3.26. The third-order valence-electron chi connectivity index (χ3n) is 2.52. The van der Waals surface area contributed by atoms with E-state index >= 15 is 0 Å². The second kappa shape index (κ2) is 5.91. The van der Waals surface area contributed by atoms with Gasteiger partial charge in [0.05, 0.1) is 0 Å². The smallest absolute Gasteiger partial charge is 0.231 e. The Bertz CT molecular complexity index is 569. The van der Waals surface area contributed by atoms with Gasteiger partial charge in [0.1, 0.15) is 0 Å². The number of benzene rings is 1. The Kier molecular flexibility index (Phi) is 4.04. The van der Waals surface area contributed by atoms with Crippen molar-refractivity contribution in [3.63, 3.8) is 0 Å². The number of aldehydes is 1. The summed E-state index contributed by atoms with van der Waals surface area (Å²) in [6.45, 7) is 2.10. The van der Waals surface area contributed by atoms with Crippen molar-refractivity contribution in [3.8, 4) is 23.3 Å². The van der Waals surface area contributed by atoms with Crippen molar-refractivity contribution in [2.24, 2.45) is 0 Å². The first-order valence-electron chi connectivity index (χ1n) is 5.83. The highest BCUT2D eigenvalue weighted by Gasteiger charge is 2.16. The maximum Gasteiger partial charge on any atom is 0.231 e. The summed E-state index contributed by atoms with van der Waals surface area (Å²) in [4.78, 5) is 21.7. The van der Waals surface area contributed by atoms with Gasteiger partial charge in [-0.05, 0) is 6.07 Å². The number of ether oxygens (including phenoxy) is 2. The highest BCUT2D eigenvalue weighted by atomic mass is 16.7. The molecule has 5 nitrogen and oxygen atoms in total. The number of carbonyl (C=O) groups is 2. The summed E-state index contributed by atoms with van der Waals surface area (Å²) in [5, 5.41) is 2.65. The molecule has 98 valence electrons. The molecule has 1 aromatic carbocycles. The van der Waals surface area contributed by atoms with Gasteiger partial charge in [0, 0.05) is 37.1 Å². The molecule has 0 atom stereocenters. The molecule has 0 aromatic heterocycles. The fourth-order valence-corrected chi connectivity index (χ4v) is 1.62. The largest absolute Gasteiger partial charge is 0.454 e. The lowest BCUT2D eigenvalue weighted by Crippen LogP contribution is -2.20. The van der Waals surface area contributed by atoms with Crippen LogP contribution >= 0.6 is 0 Å². The molecule has 0 radical (unpaired) electrons. The molecule has 1 heterocycles. The standard InChI is InChI=1S/C14H13NO4/c1-10(17)15-5-3-2-4-11-6-13-14(19-9-18-13)7-12(11)8-16/h6-8H,3,5,9H2,1H3,(H,15,17). The van der Waals surface area contributed by atoms with E-state index in [0.717, 1.165) is 6.29 Å². The molecule has 5 heteroatoms. The van der Waals surface area contributed by atoms with Crippen molar-refractivity contribution >= 4 is 12.2 Å². The van der Waals surface area contributed by atoms with Crippen molar-refractivity contribution in [1.29, 1.82) is 0 Å². The average molecular weight is 259 g/mol. The Balaban J connectivity index is 2.09. The van der Waals surface area contributed by atoms with Gasteiger partial charge in [-0.1, -0.05) is 11.8 Å². The molecule has 0 bridgehead atoms. The lowest BCUT2D eigenvalue weighted by atomic mass is 10.1. The topological polar surface area (TPSA) is 64.6 Å². The van der Waals surface area contributed by atoms with E-state index < -0.39 is 0 Å². The Morgan fingerprint density at radius 3 is 2.84 bits per heavy atom. The summed E-state index contributed by atoms with van der Waals surface area (Å²) < 4.78 is 10.4. The predicted octanol–water partition coefficient (Wildman–Crippen LogP) is 1.11. The highest BCUT2D eigenvalue weighted by Crippen LogP contribution is 2.34. The molecule has 0 saturated carbocycles. The molecule has 1 aromatic rings. The van der Waals surface area contributed by atoms with Crippen molar-refractivity contribution in [3.05, 3.63) is 23.3 Å². The Morgan fingerprint density at radius 1 is 1.42 bits per heavy atom. The molecule has 19 heavy (non-hydrogen) atoms. The average Bonchev–Trinajstić information content (AvgIpc) is 2.83. The predicted molar refractivity (Wildman–Crippen MR) is 68.1 cm³/mol. The van der Waals surface area contributed by atoms with Crippen molar-refractivity contribution < 1.29 is 19.1 Å². The van der Waals surface area contributed by atoms with Gasteiger partial charge in [-0.2, -0.15) is 0 Å². The summed E-state index contributed by atoms with van der Waals surface area (Å²) in [5.41, 5.74) is 1.07. The van der Waals surface area contributed by atoms with Crippen LogP contribution in [0.4, 0.5) is 0 Å². The van der Waals surface area contributed by atoms with Crippen molar-refractivity contribution in [2.45, 2.75) is 13.3 Å². The maximum absolute atomic E-state index is 11.0. The van der Waals surface area contributed by atoms with Crippen LogP contribution in [-0.2, 0) is 4.79 Å². The highest BCUT2D eigenvalue weighted by molar-refractivity contribution is 5.81. The Morgan fingerprint density at radius 2 is 2.16 bits per heavy atom. The van der Waals surface area contributed by atoms with E-state index in [1.807, 2.05) is 0 Å². The van der Waals surface area contributed by atoms with E-state index in [1.54, 1.807) is 12.1 Å². The normalized spacial score (nSPS) is 11.4. The summed E-state index contributed by atoms with van der Waals surface area (Å²) in [6, 6.07) is 3.31. The minimum atomic E-state index is -0.0848. The van der Waals surface area contributed by atoms with Gasteiger partial charge in [0.15, 0.2) is 17.8 Å². The molecular weight excluding hydrogens is 246 g/mol. The molecule has 0 aliphatic carbocycles. The number of fused-ring (bicyclic) bond motifs is 1. The molecular formula is C14H13NO4. The molecule has 1 aliphatic rings. The first kappa shape index (κ1) is 13.0. The summed E-state index contributed by atoms with van der Waals surface area (Å²) in [7, 11) is 0. The van der Waals surface area contributed by atoms with Crippen LogP contribution in [0.2, 0.25) is 0 Å². The van der Waals surface area contributed by atoms with Gasteiger partial charge >= 0.3 is 0 Å². The van der Waals surface area contributed by atoms with Crippen molar-refractivity contribution in [2.75, 3.05) is 13.3 Å². The van der Waals surface area contributed by atoms with E-state index in [-0.39, 0.29) is 12.7 Å². The zero-order chi connectivity index (χ0) is 13.7. The van der Waals surface area contributed by atoms with Crippen LogP contribution in [0, 0.1) is 11.8 Å². The number of hydrogen-bond donors (Lipinski definition) is 1. The zero-order valence-corrected chi connectivity index (χ0v) is 10.5. The SMILES string of the molecule is CC(=O)NCCC#Cc1cc2c(cc1C=O)OCO2. The zero-order valence-electron chi connectivity index (χ0n) is 10.5. The number of nitrogens with one attached hydrogen (secondary N) is 1. The maximum atomic E-state index is 11.0. The van der Waals surface area contributed by atoms with Gasteiger partial charge in [-0.3, -0.25) is 9.59 Å². The fourth-order valence-electron chi connectivity index (χ4n) is 1.62. The Labute approximate surface area is 110 Å². The van der Waals surface area contributed by atoms with Gasteiger partial charge in [0.2, 0.25) is 12.7 Å². The van der Waals surface area contributed by atoms with E-state index in [4.69, 9.17) is 9.47 Å². The van der Waals surface area contributed by atoms with E-state index in [2.05, 4.69) is 17.2 Å². The van der Waals surface area contributed by atoms with Gasteiger partial charge in [-0.15, -0.1) is 0 Å². The third-order valence-corrected chi connectivity index (χ3v) is 2.52. The Hall–Kier alpha value is -2.48.